The second-order valence-electron chi connectivity index (χ2n) is 6.55. The van der Waals surface area contributed by atoms with E-state index in [1.807, 2.05) is 63.2 Å². The van der Waals surface area contributed by atoms with E-state index >= 15 is 0 Å². The molecule has 0 fully saturated rings. The summed E-state index contributed by atoms with van der Waals surface area (Å²) >= 11 is 0. The van der Waals surface area contributed by atoms with Crippen molar-refractivity contribution in [2.75, 3.05) is 5.73 Å². The van der Waals surface area contributed by atoms with E-state index in [1.165, 1.54) is 0 Å². The number of aryl methyl sites for hydroxylation is 2. The third-order valence-electron chi connectivity index (χ3n) is 4.85. The average Bonchev–Trinajstić information content (AvgIpc) is 3.14. The van der Waals surface area contributed by atoms with Gasteiger partial charge in [-0.15, -0.1) is 0 Å². The molecule has 0 saturated carbocycles. The number of nitrogens with two attached hydrogens (primary N) is 1. The molecule has 0 aliphatic rings. The molecular weight excluding hydrogens is 328 g/mol. The van der Waals surface area contributed by atoms with Gasteiger partial charge in [-0.2, -0.15) is 0 Å². The molecule has 132 valence electrons. The van der Waals surface area contributed by atoms with Gasteiger partial charge in [-0.25, -0.2) is 4.79 Å². The average molecular weight is 348 g/mol. The van der Waals surface area contributed by atoms with Gasteiger partial charge < -0.3 is 15.2 Å². The van der Waals surface area contributed by atoms with Crippen molar-refractivity contribution in [3.8, 4) is 11.1 Å². The third kappa shape index (κ3) is 2.42. The minimum Gasteiger partial charge on any atom is -0.397 e. The Morgan fingerprint density at radius 2 is 1.92 bits per heavy atom. The van der Waals surface area contributed by atoms with Gasteiger partial charge in [-0.05, 0) is 44.0 Å². The Morgan fingerprint density at radius 1 is 1.19 bits per heavy atom. The molecule has 2 aromatic heterocycles. The van der Waals surface area contributed by atoms with Crippen LogP contribution in [0.4, 0.5) is 5.69 Å². The second kappa shape index (κ2) is 5.91. The van der Waals surface area contributed by atoms with Gasteiger partial charge in [0.05, 0.1) is 28.5 Å². The lowest BCUT2D eigenvalue weighted by atomic mass is 10.0. The van der Waals surface area contributed by atoms with Gasteiger partial charge >= 0.3 is 5.69 Å². The van der Waals surface area contributed by atoms with Gasteiger partial charge in [-0.3, -0.25) is 4.57 Å². The van der Waals surface area contributed by atoms with Crippen LogP contribution in [0.2, 0.25) is 0 Å². The van der Waals surface area contributed by atoms with Crippen molar-refractivity contribution in [3.63, 3.8) is 0 Å². The number of aromatic amines is 1. The zero-order chi connectivity index (χ0) is 18.4. The largest absolute Gasteiger partial charge is 0.397 e. The fourth-order valence-corrected chi connectivity index (χ4v) is 3.56. The number of nitrogen functional groups attached to an aromatic ring is 1. The number of nitrogens with zero attached hydrogens (tertiary/aromatic N) is 2. The molecule has 0 spiro atoms. The Kier molecular flexibility index (Phi) is 3.68. The number of aromatic nitrogens is 3. The van der Waals surface area contributed by atoms with Gasteiger partial charge in [-0.1, -0.05) is 35.5 Å². The van der Waals surface area contributed by atoms with E-state index in [2.05, 4.69) is 10.1 Å². The van der Waals surface area contributed by atoms with Crippen LogP contribution < -0.4 is 11.4 Å². The first-order valence-corrected chi connectivity index (χ1v) is 8.49. The van der Waals surface area contributed by atoms with Crippen molar-refractivity contribution < 1.29 is 4.52 Å². The first-order chi connectivity index (χ1) is 12.5. The van der Waals surface area contributed by atoms with Crippen LogP contribution in [-0.2, 0) is 0 Å². The Morgan fingerprint density at radius 3 is 2.58 bits per heavy atom. The molecule has 1 atom stereocenters. The highest BCUT2D eigenvalue weighted by molar-refractivity contribution is 5.92. The molecule has 0 aliphatic carbocycles. The fraction of sp³-hybridized carbons (Fsp3) is 0.200. The molecule has 0 bridgehead atoms. The third-order valence-corrected chi connectivity index (χ3v) is 4.85. The van der Waals surface area contributed by atoms with Gasteiger partial charge in [0.15, 0.2) is 0 Å². The summed E-state index contributed by atoms with van der Waals surface area (Å²) in [4.78, 5) is 15.5. The number of fused-ring (bicyclic) bond motifs is 1. The molecule has 3 N–H and O–H groups in total. The molecule has 0 amide bonds. The number of benzene rings is 2. The Balaban J connectivity index is 1.98. The minimum absolute atomic E-state index is 0.128. The molecule has 2 aromatic carbocycles. The van der Waals surface area contributed by atoms with Gasteiger partial charge in [0, 0.05) is 5.56 Å². The van der Waals surface area contributed by atoms with Crippen LogP contribution in [-0.4, -0.2) is 14.7 Å². The van der Waals surface area contributed by atoms with Crippen molar-refractivity contribution in [2.45, 2.75) is 26.8 Å². The van der Waals surface area contributed by atoms with Crippen molar-refractivity contribution in [1.29, 1.82) is 0 Å². The summed E-state index contributed by atoms with van der Waals surface area (Å²) in [5.74, 6) is 0.724. The summed E-state index contributed by atoms with van der Waals surface area (Å²) in [7, 11) is 0. The first-order valence-electron chi connectivity index (χ1n) is 8.49. The van der Waals surface area contributed by atoms with E-state index in [1.54, 1.807) is 4.57 Å². The predicted octanol–water partition coefficient (Wildman–Crippen LogP) is 3.79. The monoisotopic (exact) mass is 348 g/mol. The number of imidazole rings is 1. The van der Waals surface area contributed by atoms with E-state index in [-0.39, 0.29) is 11.7 Å². The summed E-state index contributed by atoms with van der Waals surface area (Å²) in [6.07, 6.45) is 0. The van der Waals surface area contributed by atoms with Crippen LogP contribution in [0.5, 0.6) is 0 Å². The molecule has 1 unspecified atom stereocenters. The lowest BCUT2D eigenvalue weighted by Crippen LogP contribution is -2.21. The molecule has 26 heavy (non-hydrogen) atoms. The van der Waals surface area contributed by atoms with Gasteiger partial charge in [0.1, 0.15) is 5.76 Å². The highest BCUT2D eigenvalue weighted by Crippen LogP contribution is 2.33. The molecule has 4 rings (SSSR count). The quantitative estimate of drug-likeness (QED) is 0.551. The molecule has 2 heterocycles. The number of H-pyrrole nitrogens is 1. The molecule has 0 saturated heterocycles. The smallest absolute Gasteiger partial charge is 0.327 e. The summed E-state index contributed by atoms with van der Waals surface area (Å²) in [6.45, 7) is 5.76. The van der Waals surface area contributed by atoms with Crippen molar-refractivity contribution in [1.82, 2.24) is 14.7 Å². The van der Waals surface area contributed by atoms with Crippen LogP contribution in [0, 0.1) is 13.8 Å². The van der Waals surface area contributed by atoms with Crippen molar-refractivity contribution >= 4 is 16.7 Å². The summed E-state index contributed by atoms with van der Waals surface area (Å²) in [5, 5.41) is 4.02. The van der Waals surface area contributed by atoms with Gasteiger partial charge in [0.25, 0.3) is 0 Å². The van der Waals surface area contributed by atoms with E-state index in [0.717, 1.165) is 33.7 Å². The van der Waals surface area contributed by atoms with Crippen LogP contribution in [0.3, 0.4) is 0 Å². The standard InChI is InChI=1S/C20H20N4O2/c1-11-18(13(3)26-23-11)15-9-16(21)19-17(10-15)24(20(25)22-19)12(2)14-7-5-4-6-8-14/h4-10,12H,21H2,1-3H3,(H,22,25). The SMILES string of the molecule is Cc1noc(C)c1-c1cc(N)c2[nH]c(=O)n(C(C)c3ccccc3)c2c1. The molecule has 0 radical (unpaired) electrons. The van der Waals surface area contributed by atoms with Gasteiger partial charge in [0.2, 0.25) is 0 Å². The maximum atomic E-state index is 12.7. The Hall–Kier alpha value is -3.28. The molecule has 6 heteroatoms. The number of hydrogen-bond acceptors (Lipinski definition) is 4. The number of rotatable bonds is 3. The lowest BCUT2D eigenvalue weighted by molar-refractivity contribution is 0.393. The lowest BCUT2D eigenvalue weighted by Gasteiger charge is -2.15. The summed E-state index contributed by atoms with van der Waals surface area (Å²) in [6, 6.07) is 13.6. The highest BCUT2D eigenvalue weighted by atomic mass is 16.5. The molecular formula is C20H20N4O2. The molecule has 4 aromatic rings. The number of nitrogens with one attached hydrogen (secondary N) is 1. The minimum atomic E-state index is -0.182. The van der Waals surface area contributed by atoms with E-state index < -0.39 is 0 Å². The zero-order valence-corrected chi connectivity index (χ0v) is 14.9. The van der Waals surface area contributed by atoms with Crippen LogP contribution in [0.15, 0.2) is 51.8 Å². The Bertz CT molecular complexity index is 1130. The topological polar surface area (TPSA) is 89.8 Å². The van der Waals surface area contributed by atoms with Crippen LogP contribution >= 0.6 is 0 Å². The molecule has 0 aliphatic heterocycles. The normalized spacial score (nSPS) is 12.6. The summed E-state index contributed by atoms with van der Waals surface area (Å²) < 4.78 is 7.03. The Labute approximate surface area is 150 Å². The first kappa shape index (κ1) is 16.2. The van der Waals surface area contributed by atoms with E-state index in [9.17, 15) is 4.79 Å². The van der Waals surface area contributed by atoms with E-state index in [0.29, 0.717) is 11.2 Å². The van der Waals surface area contributed by atoms with Crippen LogP contribution in [0.25, 0.3) is 22.2 Å². The summed E-state index contributed by atoms with van der Waals surface area (Å²) in [5.41, 5.74) is 11.6. The number of hydrogen-bond donors (Lipinski definition) is 2. The highest BCUT2D eigenvalue weighted by Gasteiger charge is 2.19. The van der Waals surface area contributed by atoms with E-state index in [4.69, 9.17) is 10.3 Å². The fourth-order valence-electron chi connectivity index (χ4n) is 3.56. The second-order valence-corrected chi connectivity index (χ2v) is 6.55. The maximum Gasteiger partial charge on any atom is 0.327 e. The van der Waals surface area contributed by atoms with Crippen molar-refractivity contribution in [2.24, 2.45) is 0 Å². The zero-order valence-electron chi connectivity index (χ0n) is 14.9. The van der Waals surface area contributed by atoms with Crippen LogP contribution in [0.1, 0.15) is 30.0 Å². The van der Waals surface area contributed by atoms with Crippen molar-refractivity contribution in [3.05, 3.63) is 70.0 Å². The predicted molar refractivity (Wildman–Crippen MR) is 102 cm³/mol. The maximum absolute atomic E-state index is 12.7. The number of anilines is 1. The molecule has 6 nitrogen and oxygen atoms in total.